The zero-order valence-electron chi connectivity index (χ0n) is 14.6. The predicted molar refractivity (Wildman–Crippen MR) is 97.1 cm³/mol. The molecule has 0 aliphatic rings. The molecule has 2 aromatic heterocycles. The first-order valence-corrected chi connectivity index (χ1v) is 8.29. The van der Waals surface area contributed by atoms with E-state index in [4.69, 9.17) is 4.74 Å². The Morgan fingerprint density at radius 3 is 2.29 bits per heavy atom. The van der Waals surface area contributed by atoms with Crippen LogP contribution in [0.15, 0.2) is 66.9 Å². The average Bonchev–Trinajstić information content (AvgIpc) is 3.10. The second kappa shape index (κ2) is 6.88. The third kappa shape index (κ3) is 3.48. The Bertz CT molecular complexity index is 1120. The number of rotatable bonds is 4. The van der Waals surface area contributed by atoms with Crippen LogP contribution in [0.2, 0.25) is 0 Å². The number of hydrogen-bond acceptors (Lipinski definition) is 4. The van der Waals surface area contributed by atoms with Crippen LogP contribution >= 0.6 is 0 Å². The van der Waals surface area contributed by atoms with Crippen molar-refractivity contribution >= 4 is 5.65 Å². The topological polar surface area (TPSA) is 48.7 Å². The van der Waals surface area contributed by atoms with E-state index in [1.165, 1.54) is 18.2 Å². The summed E-state index contributed by atoms with van der Waals surface area (Å²) in [5.74, 6) is 0.650. The monoisotopic (exact) mass is 385 g/mol. The van der Waals surface area contributed by atoms with Gasteiger partial charge in [-0.25, -0.2) is 0 Å². The molecule has 0 unspecified atom stereocenters. The molecule has 0 aliphatic carbocycles. The third-order valence-corrected chi connectivity index (χ3v) is 4.18. The Balaban J connectivity index is 1.81. The Morgan fingerprint density at radius 1 is 0.857 bits per heavy atom. The molecule has 2 aromatic carbocycles. The molecule has 0 bridgehead atoms. The van der Waals surface area contributed by atoms with Gasteiger partial charge in [-0.1, -0.05) is 24.3 Å². The molecular weight excluding hydrogens is 371 g/mol. The van der Waals surface area contributed by atoms with E-state index in [-0.39, 0.29) is 17.1 Å². The molecule has 8 heteroatoms. The van der Waals surface area contributed by atoms with Crippen molar-refractivity contribution in [3.63, 3.8) is 0 Å². The first kappa shape index (κ1) is 17.8. The standard InChI is InChI=1S/C20H14F3N3O2/c1-27-15-9-6-13(7-10-15)14-8-11-18-24-25-19(26(18)12-14)16-4-2-3-5-17(16)28-20(21,22)23/h2-12H,1H3. The molecule has 0 saturated carbocycles. The van der Waals surface area contributed by atoms with E-state index in [0.717, 1.165) is 16.9 Å². The van der Waals surface area contributed by atoms with Crippen LogP contribution in [-0.2, 0) is 0 Å². The maximum absolute atomic E-state index is 12.7. The molecule has 2 heterocycles. The van der Waals surface area contributed by atoms with E-state index in [9.17, 15) is 13.2 Å². The van der Waals surface area contributed by atoms with E-state index >= 15 is 0 Å². The van der Waals surface area contributed by atoms with Crippen molar-refractivity contribution in [2.24, 2.45) is 0 Å². The van der Waals surface area contributed by atoms with Gasteiger partial charge in [0.2, 0.25) is 0 Å². The minimum absolute atomic E-state index is 0.194. The normalized spacial score (nSPS) is 11.6. The number of hydrogen-bond donors (Lipinski definition) is 0. The summed E-state index contributed by atoms with van der Waals surface area (Å²) in [7, 11) is 1.59. The maximum atomic E-state index is 12.7. The second-order valence-electron chi connectivity index (χ2n) is 5.94. The highest BCUT2D eigenvalue weighted by atomic mass is 19.4. The quantitative estimate of drug-likeness (QED) is 0.498. The molecule has 0 saturated heterocycles. The summed E-state index contributed by atoms with van der Waals surface area (Å²) in [6.07, 6.45) is -3.03. The van der Waals surface area contributed by atoms with Crippen molar-refractivity contribution in [2.45, 2.75) is 6.36 Å². The van der Waals surface area contributed by atoms with E-state index in [0.29, 0.717) is 5.65 Å². The van der Waals surface area contributed by atoms with E-state index in [2.05, 4.69) is 14.9 Å². The van der Waals surface area contributed by atoms with Gasteiger partial charge in [0.15, 0.2) is 11.5 Å². The molecule has 0 aliphatic heterocycles. The molecule has 5 nitrogen and oxygen atoms in total. The molecule has 28 heavy (non-hydrogen) atoms. The Labute approximate surface area is 158 Å². The van der Waals surface area contributed by atoms with Crippen LogP contribution in [0.1, 0.15) is 0 Å². The summed E-state index contributed by atoms with van der Waals surface area (Å²) < 4.78 is 49.2. The second-order valence-corrected chi connectivity index (χ2v) is 5.94. The van der Waals surface area contributed by atoms with Gasteiger partial charge in [0.1, 0.15) is 11.5 Å². The number of benzene rings is 2. The smallest absolute Gasteiger partial charge is 0.497 e. The van der Waals surface area contributed by atoms with Gasteiger partial charge in [0, 0.05) is 6.20 Å². The fourth-order valence-electron chi connectivity index (χ4n) is 2.89. The summed E-state index contributed by atoms with van der Waals surface area (Å²) >= 11 is 0. The zero-order chi connectivity index (χ0) is 19.7. The number of halogens is 3. The van der Waals surface area contributed by atoms with Gasteiger partial charge in [0.25, 0.3) is 0 Å². The third-order valence-electron chi connectivity index (χ3n) is 4.18. The fraction of sp³-hybridized carbons (Fsp3) is 0.100. The van der Waals surface area contributed by atoms with Crippen LogP contribution in [-0.4, -0.2) is 28.1 Å². The molecule has 0 atom stereocenters. The first-order valence-electron chi connectivity index (χ1n) is 8.29. The molecular formula is C20H14F3N3O2. The number of methoxy groups -OCH3 is 1. The van der Waals surface area contributed by atoms with Crippen molar-refractivity contribution in [3.8, 4) is 34.0 Å². The molecule has 142 valence electrons. The van der Waals surface area contributed by atoms with Gasteiger partial charge in [0.05, 0.1) is 12.7 Å². The van der Waals surface area contributed by atoms with Gasteiger partial charge < -0.3 is 9.47 Å². The van der Waals surface area contributed by atoms with Gasteiger partial charge in [-0.05, 0) is 47.5 Å². The molecule has 4 rings (SSSR count). The Hall–Kier alpha value is -3.55. The largest absolute Gasteiger partial charge is 0.573 e. The predicted octanol–water partition coefficient (Wildman–Crippen LogP) is 4.97. The summed E-state index contributed by atoms with van der Waals surface area (Å²) in [6, 6.07) is 16.9. The summed E-state index contributed by atoms with van der Waals surface area (Å²) in [5.41, 5.74) is 2.47. The van der Waals surface area contributed by atoms with E-state index < -0.39 is 6.36 Å². The average molecular weight is 385 g/mol. The number of alkyl halides is 3. The van der Waals surface area contributed by atoms with Crippen molar-refractivity contribution < 1.29 is 22.6 Å². The maximum Gasteiger partial charge on any atom is 0.573 e. The fourth-order valence-corrected chi connectivity index (χ4v) is 2.89. The summed E-state index contributed by atoms with van der Waals surface area (Å²) in [5, 5.41) is 8.11. The highest BCUT2D eigenvalue weighted by Gasteiger charge is 2.32. The number of fused-ring (bicyclic) bond motifs is 1. The molecule has 0 spiro atoms. The molecule has 0 amide bonds. The van der Waals surface area contributed by atoms with Gasteiger partial charge in [-0.3, -0.25) is 4.40 Å². The lowest BCUT2D eigenvalue weighted by atomic mass is 10.1. The minimum Gasteiger partial charge on any atom is -0.497 e. The van der Waals surface area contributed by atoms with Crippen LogP contribution in [0.25, 0.3) is 28.2 Å². The van der Waals surface area contributed by atoms with Crippen molar-refractivity contribution in [1.82, 2.24) is 14.6 Å². The number of aromatic nitrogens is 3. The minimum atomic E-state index is -4.80. The van der Waals surface area contributed by atoms with Crippen molar-refractivity contribution in [1.29, 1.82) is 0 Å². The zero-order valence-corrected chi connectivity index (χ0v) is 14.6. The number of pyridine rings is 1. The van der Waals surface area contributed by atoms with Crippen LogP contribution in [0.5, 0.6) is 11.5 Å². The summed E-state index contributed by atoms with van der Waals surface area (Å²) in [6.45, 7) is 0. The van der Waals surface area contributed by atoms with Crippen LogP contribution < -0.4 is 9.47 Å². The lowest BCUT2D eigenvalue weighted by Gasteiger charge is -2.12. The van der Waals surface area contributed by atoms with E-state index in [1.807, 2.05) is 30.3 Å². The Morgan fingerprint density at radius 2 is 1.57 bits per heavy atom. The van der Waals surface area contributed by atoms with Crippen LogP contribution in [0, 0.1) is 0 Å². The van der Waals surface area contributed by atoms with E-state index in [1.54, 1.807) is 29.8 Å². The molecule has 4 aromatic rings. The van der Waals surface area contributed by atoms with Gasteiger partial charge in [-0.15, -0.1) is 23.4 Å². The van der Waals surface area contributed by atoms with Crippen molar-refractivity contribution in [2.75, 3.05) is 7.11 Å². The lowest BCUT2D eigenvalue weighted by molar-refractivity contribution is -0.274. The van der Waals surface area contributed by atoms with Gasteiger partial charge >= 0.3 is 6.36 Å². The van der Waals surface area contributed by atoms with Crippen molar-refractivity contribution in [3.05, 3.63) is 66.9 Å². The lowest BCUT2D eigenvalue weighted by Crippen LogP contribution is -2.17. The summed E-state index contributed by atoms with van der Waals surface area (Å²) in [4.78, 5) is 0. The number of para-hydroxylation sites is 1. The molecule has 0 N–H and O–H groups in total. The Kier molecular flexibility index (Phi) is 4.38. The molecule has 0 fully saturated rings. The van der Waals surface area contributed by atoms with Crippen LogP contribution in [0.4, 0.5) is 13.2 Å². The first-order chi connectivity index (χ1) is 13.4. The number of nitrogens with zero attached hydrogens (tertiary/aromatic N) is 3. The van der Waals surface area contributed by atoms with Gasteiger partial charge in [-0.2, -0.15) is 0 Å². The van der Waals surface area contributed by atoms with Crippen LogP contribution in [0.3, 0.4) is 0 Å². The molecule has 0 radical (unpaired) electrons. The SMILES string of the molecule is COc1ccc(-c2ccc3nnc(-c4ccccc4OC(F)(F)F)n3c2)cc1. The number of ether oxygens (including phenoxy) is 2. The highest BCUT2D eigenvalue weighted by Crippen LogP contribution is 2.33. The highest BCUT2D eigenvalue weighted by molar-refractivity contribution is 5.70.